The average Bonchev–Trinajstić information content (AvgIpc) is 3.38. The fraction of sp³-hybridized carbons (Fsp3) is 0.722. The summed E-state index contributed by atoms with van der Waals surface area (Å²) in [5.74, 6) is 1.68. The Hall–Kier alpha value is -1.85. The Labute approximate surface area is 142 Å². The normalized spacial score (nSPS) is 21.2. The molecule has 6 heteroatoms. The molecule has 0 bridgehead atoms. The van der Waals surface area contributed by atoms with Crippen LogP contribution >= 0.6 is 0 Å². The van der Waals surface area contributed by atoms with E-state index in [9.17, 15) is 9.59 Å². The molecular weight excluding hydrogens is 304 g/mol. The summed E-state index contributed by atoms with van der Waals surface area (Å²) in [6, 6.07) is 0. The number of carbonyl (C=O) groups is 1. The maximum atomic E-state index is 12.6. The molecule has 0 spiro atoms. The first-order valence-electron chi connectivity index (χ1n) is 9.33. The maximum absolute atomic E-state index is 12.6. The number of hydrogen-bond donors (Lipinski definition) is 0. The summed E-state index contributed by atoms with van der Waals surface area (Å²) in [6.07, 6.45) is 10.5. The second-order valence-electron chi connectivity index (χ2n) is 7.39. The highest BCUT2D eigenvalue weighted by molar-refractivity contribution is 5.78. The van der Waals surface area contributed by atoms with Crippen molar-refractivity contribution in [3.05, 3.63) is 28.0 Å². The largest absolute Gasteiger partial charge is 0.345 e. The smallest absolute Gasteiger partial charge is 0.340 e. The Morgan fingerprint density at radius 3 is 2.79 bits per heavy atom. The van der Waals surface area contributed by atoms with Gasteiger partial charge in [0.15, 0.2) is 0 Å². The van der Waals surface area contributed by atoms with Crippen molar-refractivity contribution in [2.75, 3.05) is 13.1 Å². The lowest BCUT2D eigenvalue weighted by Gasteiger charge is -2.21. The molecule has 1 amide bonds. The lowest BCUT2D eigenvalue weighted by molar-refractivity contribution is -0.130. The zero-order chi connectivity index (χ0) is 16.5. The van der Waals surface area contributed by atoms with Crippen LogP contribution in [0.15, 0.2) is 16.4 Å². The molecule has 1 fully saturated rings. The Kier molecular flexibility index (Phi) is 4.29. The van der Waals surface area contributed by atoms with Gasteiger partial charge in [0.1, 0.15) is 5.82 Å². The average molecular weight is 330 g/mol. The topological polar surface area (TPSA) is 60.1 Å². The Balaban J connectivity index is 1.40. The SMILES string of the molecule is O=C(CC1=CCCCC1)N1CCc2nn(CC3CC3)c(=O)n2CC1. The van der Waals surface area contributed by atoms with E-state index >= 15 is 0 Å². The zero-order valence-electron chi connectivity index (χ0n) is 14.2. The predicted octanol–water partition coefficient (Wildman–Crippen LogP) is 1.73. The summed E-state index contributed by atoms with van der Waals surface area (Å²) in [7, 11) is 0. The molecule has 1 aromatic rings. The molecule has 0 N–H and O–H groups in total. The first kappa shape index (κ1) is 15.7. The van der Waals surface area contributed by atoms with Crippen LogP contribution in [0.5, 0.6) is 0 Å². The van der Waals surface area contributed by atoms with Crippen LogP contribution in [-0.2, 0) is 24.3 Å². The molecule has 2 aliphatic carbocycles. The molecule has 1 aliphatic heterocycles. The molecule has 3 aliphatic rings. The van der Waals surface area contributed by atoms with Gasteiger partial charge >= 0.3 is 5.69 Å². The number of aromatic nitrogens is 3. The highest BCUT2D eigenvalue weighted by Crippen LogP contribution is 2.29. The molecule has 0 radical (unpaired) electrons. The summed E-state index contributed by atoms with van der Waals surface area (Å²) in [4.78, 5) is 27.0. The van der Waals surface area contributed by atoms with Gasteiger partial charge in [0, 0.05) is 39.0 Å². The van der Waals surface area contributed by atoms with E-state index in [0.717, 1.165) is 25.2 Å². The van der Waals surface area contributed by atoms with E-state index in [1.54, 1.807) is 9.25 Å². The molecular formula is C18H26N4O2. The van der Waals surface area contributed by atoms with Gasteiger partial charge in [0.25, 0.3) is 0 Å². The first-order chi connectivity index (χ1) is 11.7. The molecule has 6 nitrogen and oxygen atoms in total. The van der Waals surface area contributed by atoms with E-state index in [1.165, 1.54) is 31.3 Å². The lowest BCUT2D eigenvalue weighted by atomic mass is 9.97. The van der Waals surface area contributed by atoms with Crippen molar-refractivity contribution in [2.45, 2.75) is 64.5 Å². The number of hydrogen-bond acceptors (Lipinski definition) is 3. The summed E-state index contributed by atoms with van der Waals surface area (Å²) in [5.41, 5.74) is 1.29. The molecule has 4 rings (SSSR count). The van der Waals surface area contributed by atoms with Crippen molar-refractivity contribution in [3.63, 3.8) is 0 Å². The van der Waals surface area contributed by atoms with Crippen LogP contribution in [0.1, 0.15) is 50.8 Å². The summed E-state index contributed by atoms with van der Waals surface area (Å²) in [5, 5.41) is 4.52. The number of carbonyl (C=O) groups excluding carboxylic acids is 1. The third-order valence-electron chi connectivity index (χ3n) is 5.44. The van der Waals surface area contributed by atoms with Crippen LogP contribution in [0.25, 0.3) is 0 Å². The van der Waals surface area contributed by atoms with Crippen molar-refractivity contribution >= 4 is 5.91 Å². The predicted molar refractivity (Wildman–Crippen MR) is 90.7 cm³/mol. The van der Waals surface area contributed by atoms with Crippen LogP contribution in [0.3, 0.4) is 0 Å². The molecule has 1 aromatic heterocycles. The van der Waals surface area contributed by atoms with Crippen LogP contribution in [0.2, 0.25) is 0 Å². The quantitative estimate of drug-likeness (QED) is 0.790. The number of amides is 1. The van der Waals surface area contributed by atoms with Crippen molar-refractivity contribution in [3.8, 4) is 0 Å². The fourth-order valence-corrected chi connectivity index (χ4v) is 3.75. The number of fused-ring (bicyclic) bond motifs is 1. The van der Waals surface area contributed by atoms with Gasteiger partial charge in [-0.15, -0.1) is 0 Å². The third-order valence-corrected chi connectivity index (χ3v) is 5.44. The van der Waals surface area contributed by atoms with Gasteiger partial charge in [0.2, 0.25) is 5.91 Å². The van der Waals surface area contributed by atoms with E-state index in [1.807, 2.05) is 4.90 Å². The van der Waals surface area contributed by atoms with Crippen molar-refractivity contribution in [1.82, 2.24) is 19.2 Å². The molecule has 0 aromatic carbocycles. The Bertz CT molecular complexity index is 711. The third kappa shape index (κ3) is 3.32. The molecule has 1 saturated carbocycles. The minimum atomic E-state index is 0.00110. The minimum Gasteiger partial charge on any atom is -0.340 e. The number of allylic oxidation sites excluding steroid dienone is 1. The van der Waals surface area contributed by atoms with Crippen LogP contribution < -0.4 is 5.69 Å². The summed E-state index contributed by atoms with van der Waals surface area (Å²) in [6.45, 7) is 2.62. The molecule has 24 heavy (non-hydrogen) atoms. The minimum absolute atomic E-state index is 0.00110. The van der Waals surface area contributed by atoms with Gasteiger partial charge in [-0.3, -0.25) is 9.36 Å². The first-order valence-corrected chi connectivity index (χ1v) is 9.33. The van der Waals surface area contributed by atoms with Gasteiger partial charge in [-0.25, -0.2) is 9.48 Å². The van der Waals surface area contributed by atoms with Gasteiger partial charge in [0.05, 0.1) is 0 Å². The standard InChI is InChI=1S/C18H26N4O2/c23-17(12-14-4-2-1-3-5-14)20-9-8-16-19-22(13-15-6-7-15)18(24)21(16)11-10-20/h4,15H,1-3,5-13H2. The Morgan fingerprint density at radius 1 is 1.17 bits per heavy atom. The Morgan fingerprint density at radius 2 is 2.04 bits per heavy atom. The van der Waals surface area contributed by atoms with E-state index < -0.39 is 0 Å². The van der Waals surface area contributed by atoms with E-state index in [-0.39, 0.29) is 11.6 Å². The second-order valence-corrected chi connectivity index (χ2v) is 7.39. The van der Waals surface area contributed by atoms with Crippen LogP contribution in [0.4, 0.5) is 0 Å². The highest BCUT2D eigenvalue weighted by Gasteiger charge is 2.26. The second kappa shape index (κ2) is 6.57. The lowest BCUT2D eigenvalue weighted by Crippen LogP contribution is -2.35. The van der Waals surface area contributed by atoms with Crippen LogP contribution in [-0.4, -0.2) is 38.2 Å². The van der Waals surface area contributed by atoms with Crippen molar-refractivity contribution in [2.24, 2.45) is 5.92 Å². The van der Waals surface area contributed by atoms with E-state index in [0.29, 0.717) is 38.4 Å². The van der Waals surface area contributed by atoms with Gasteiger partial charge < -0.3 is 4.90 Å². The van der Waals surface area contributed by atoms with E-state index in [2.05, 4.69) is 11.2 Å². The number of rotatable bonds is 4. The fourth-order valence-electron chi connectivity index (χ4n) is 3.75. The molecule has 130 valence electrons. The molecule has 0 unspecified atom stereocenters. The van der Waals surface area contributed by atoms with Crippen LogP contribution in [0, 0.1) is 5.92 Å². The van der Waals surface area contributed by atoms with Gasteiger partial charge in [-0.05, 0) is 44.4 Å². The molecule has 0 atom stereocenters. The van der Waals surface area contributed by atoms with Gasteiger partial charge in [-0.2, -0.15) is 5.10 Å². The monoisotopic (exact) mass is 330 g/mol. The summed E-state index contributed by atoms with van der Waals surface area (Å²) >= 11 is 0. The highest BCUT2D eigenvalue weighted by atomic mass is 16.2. The van der Waals surface area contributed by atoms with E-state index in [4.69, 9.17) is 0 Å². The van der Waals surface area contributed by atoms with Gasteiger partial charge in [-0.1, -0.05) is 11.6 Å². The number of nitrogens with zero attached hydrogens (tertiary/aromatic N) is 4. The zero-order valence-corrected chi connectivity index (χ0v) is 14.2. The molecule has 2 heterocycles. The summed E-state index contributed by atoms with van der Waals surface area (Å²) < 4.78 is 3.41. The maximum Gasteiger partial charge on any atom is 0.345 e. The van der Waals surface area contributed by atoms with Crippen molar-refractivity contribution in [1.29, 1.82) is 0 Å². The van der Waals surface area contributed by atoms with Crippen molar-refractivity contribution < 1.29 is 4.79 Å². The molecule has 0 saturated heterocycles.